The molecule has 65 heavy (non-hydrogen) atoms. The molecule has 0 fully saturated rings. The lowest BCUT2D eigenvalue weighted by Gasteiger charge is -2.40. The van der Waals surface area contributed by atoms with Gasteiger partial charge in [-0.1, -0.05) is 194 Å². The van der Waals surface area contributed by atoms with E-state index in [2.05, 4.69) is 229 Å². The van der Waals surface area contributed by atoms with Crippen LogP contribution in [0.5, 0.6) is 0 Å². The minimum Gasteiger partial charge on any atom is -0.309 e. The van der Waals surface area contributed by atoms with Crippen molar-refractivity contribution in [2.24, 2.45) is 0 Å². The van der Waals surface area contributed by atoms with Crippen LogP contribution in [0.25, 0.3) is 93.8 Å². The molecule has 0 bridgehead atoms. The van der Waals surface area contributed by atoms with E-state index in [1.807, 2.05) is 0 Å². The van der Waals surface area contributed by atoms with Crippen molar-refractivity contribution >= 4 is 43.5 Å². The smallest absolute Gasteiger partial charge is 0.0791 e. The van der Waals surface area contributed by atoms with Gasteiger partial charge in [-0.15, -0.1) is 0 Å². The molecule has 3 aliphatic rings. The summed E-state index contributed by atoms with van der Waals surface area (Å²) in [5.74, 6) is 0.190. The molecule has 0 saturated heterocycles. The molecule has 10 aromatic carbocycles. The first kappa shape index (κ1) is 35.2. The predicted molar refractivity (Wildman–Crippen MR) is 268 cm³/mol. The Bertz CT molecular complexity index is 4020. The van der Waals surface area contributed by atoms with Crippen LogP contribution < -0.4 is 0 Å². The van der Waals surface area contributed by atoms with Crippen molar-refractivity contribution in [1.29, 1.82) is 0 Å². The highest BCUT2D eigenvalue weighted by Gasteiger charge is 2.52. The van der Waals surface area contributed by atoms with Gasteiger partial charge >= 0.3 is 0 Å². The van der Waals surface area contributed by atoms with E-state index in [9.17, 15) is 0 Å². The van der Waals surface area contributed by atoms with Crippen molar-refractivity contribution in [3.05, 3.63) is 263 Å². The second kappa shape index (κ2) is 12.9. The van der Waals surface area contributed by atoms with Gasteiger partial charge in [0.05, 0.1) is 33.3 Å². The largest absolute Gasteiger partial charge is 0.309 e. The van der Waals surface area contributed by atoms with Gasteiger partial charge in [-0.3, -0.25) is 0 Å². The van der Waals surface area contributed by atoms with E-state index < -0.39 is 5.41 Å². The number of benzene rings is 10. The van der Waals surface area contributed by atoms with Gasteiger partial charge in [0, 0.05) is 33.2 Å². The Morgan fingerprint density at radius 1 is 0.415 bits per heavy atom. The minimum atomic E-state index is -0.587. The highest BCUT2D eigenvalue weighted by Crippen LogP contribution is 2.63. The first-order valence-corrected chi connectivity index (χ1v) is 22.7. The number of hydrogen-bond donors (Lipinski definition) is 0. The summed E-state index contributed by atoms with van der Waals surface area (Å²) in [5, 5.41) is 6.28. The third kappa shape index (κ3) is 4.55. The van der Waals surface area contributed by atoms with Crippen molar-refractivity contribution in [3.63, 3.8) is 0 Å². The van der Waals surface area contributed by atoms with Gasteiger partial charge in [0.25, 0.3) is 0 Å². The van der Waals surface area contributed by atoms with Gasteiger partial charge in [0.2, 0.25) is 0 Å². The number of nitrogens with zero attached hydrogens (tertiary/aromatic N) is 2. The zero-order valence-corrected chi connectivity index (χ0v) is 35.3. The van der Waals surface area contributed by atoms with Gasteiger partial charge in [-0.2, -0.15) is 0 Å². The number of hydrogen-bond acceptors (Lipinski definition) is 1. The molecule has 2 unspecified atom stereocenters. The Morgan fingerprint density at radius 2 is 1.11 bits per heavy atom. The average molecular weight is 823 g/mol. The molecule has 2 nitrogen and oxygen atoms in total. The number of rotatable bonds is 3. The standard InChI is InChI=1S/C63H38N2/c1-2-16-39(17-3-1)61-59-48-21-8-10-24-52(48)63(60(59)49-22-9-12-27-55(49)64-61)53-25-11-13-28-57(53)65-56-34-32-42(37-51(56)47-23-14-26-54(63)62(47)65)41-31-33-46-50(36-41)44-19-6-7-20-45(44)58(46)43-30-29-38-15-4-5-18-40(38)35-43/h1-37,58H. The number of aromatic nitrogens is 2. The Balaban J connectivity index is 0.971. The van der Waals surface area contributed by atoms with E-state index in [0.717, 1.165) is 16.8 Å². The molecule has 2 heteroatoms. The second-order valence-electron chi connectivity index (χ2n) is 18.1. The Labute approximate surface area is 376 Å². The van der Waals surface area contributed by atoms with E-state index in [1.165, 1.54) is 116 Å². The molecule has 0 saturated carbocycles. The van der Waals surface area contributed by atoms with Crippen LogP contribution in [0, 0.1) is 0 Å². The van der Waals surface area contributed by atoms with Crippen LogP contribution in [-0.4, -0.2) is 9.55 Å². The van der Waals surface area contributed by atoms with E-state index in [4.69, 9.17) is 4.98 Å². The van der Waals surface area contributed by atoms with Crippen molar-refractivity contribution in [2.75, 3.05) is 0 Å². The van der Waals surface area contributed by atoms with Crippen molar-refractivity contribution in [3.8, 4) is 50.3 Å². The summed E-state index contributed by atoms with van der Waals surface area (Å²) in [4.78, 5) is 5.48. The monoisotopic (exact) mass is 822 g/mol. The molecule has 0 N–H and O–H groups in total. The molecule has 15 rings (SSSR count). The Hall–Kier alpha value is -8.33. The number of fused-ring (bicyclic) bond motifs is 18. The van der Waals surface area contributed by atoms with Crippen LogP contribution in [0.4, 0.5) is 0 Å². The van der Waals surface area contributed by atoms with Crippen molar-refractivity contribution in [1.82, 2.24) is 9.55 Å². The maximum atomic E-state index is 5.48. The molecule has 2 atom stereocenters. The van der Waals surface area contributed by atoms with E-state index in [0.29, 0.717) is 0 Å². The zero-order chi connectivity index (χ0) is 42.4. The third-order valence-electron chi connectivity index (χ3n) is 15.0. The van der Waals surface area contributed by atoms with Crippen LogP contribution in [-0.2, 0) is 5.41 Å². The topological polar surface area (TPSA) is 17.8 Å². The summed E-state index contributed by atoms with van der Waals surface area (Å²) in [6, 6.07) is 83.9. The Morgan fingerprint density at radius 3 is 2.03 bits per heavy atom. The summed E-state index contributed by atoms with van der Waals surface area (Å²) in [6.45, 7) is 0. The molecular weight excluding hydrogens is 785 g/mol. The fourth-order valence-corrected chi connectivity index (χ4v) is 12.5. The first-order chi connectivity index (χ1) is 32.3. The molecule has 1 aliphatic heterocycles. The summed E-state index contributed by atoms with van der Waals surface area (Å²) in [6.07, 6.45) is 0. The molecule has 3 heterocycles. The average Bonchev–Trinajstić information content (AvgIpc) is 4.00. The molecule has 0 radical (unpaired) electrons. The summed E-state index contributed by atoms with van der Waals surface area (Å²) < 4.78 is 2.56. The quantitative estimate of drug-likeness (QED) is 0.174. The summed E-state index contributed by atoms with van der Waals surface area (Å²) >= 11 is 0. The fraction of sp³-hybridized carbons (Fsp3) is 0.0317. The van der Waals surface area contributed by atoms with Gasteiger partial charge < -0.3 is 4.57 Å². The van der Waals surface area contributed by atoms with Crippen LogP contribution >= 0.6 is 0 Å². The van der Waals surface area contributed by atoms with E-state index >= 15 is 0 Å². The molecule has 300 valence electrons. The van der Waals surface area contributed by atoms with E-state index in [1.54, 1.807) is 0 Å². The van der Waals surface area contributed by atoms with Crippen molar-refractivity contribution < 1.29 is 0 Å². The van der Waals surface area contributed by atoms with Gasteiger partial charge in [-0.05, 0) is 108 Å². The number of pyridine rings is 1. The normalized spacial score (nSPS) is 16.2. The fourth-order valence-electron chi connectivity index (χ4n) is 12.5. The second-order valence-corrected chi connectivity index (χ2v) is 18.1. The lowest BCUT2D eigenvalue weighted by atomic mass is 9.64. The lowest BCUT2D eigenvalue weighted by molar-refractivity contribution is 0.754. The first-order valence-electron chi connectivity index (χ1n) is 22.7. The number of para-hydroxylation sites is 3. The molecule has 0 amide bonds. The highest BCUT2D eigenvalue weighted by atomic mass is 15.0. The molecular formula is C63H38N2. The summed E-state index contributed by atoms with van der Waals surface area (Å²) in [5.41, 5.74) is 23.2. The highest BCUT2D eigenvalue weighted by molar-refractivity contribution is 6.15. The summed E-state index contributed by atoms with van der Waals surface area (Å²) in [7, 11) is 0. The van der Waals surface area contributed by atoms with Crippen LogP contribution in [0.1, 0.15) is 44.9 Å². The molecule has 12 aromatic rings. The Kier molecular flexibility index (Phi) is 6.97. The maximum absolute atomic E-state index is 5.48. The molecule has 2 aliphatic carbocycles. The van der Waals surface area contributed by atoms with Gasteiger partial charge in [0.15, 0.2) is 0 Å². The lowest BCUT2D eigenvalue weighted by Crippen LogP contribution is -2.33. The molecule has 2 aromatic heterocycles. The third-order valence-corrected chi connectivity index (χ3v) is 15.0. The van der Waals surface area contributed by atoms with Crippen molar-refractivity contribution in [2.45, 2.75) is 11.3 Å². The van der Waals surface area contributed by atoms with Gasteiger partial charge in [0.1, 0.15) is 0 Å². The maximum Gasteiger partial charge on any atom is 0.0791 e. The van der Waals surface area contributed by atoms with E-state index in [-0.39, 0.29) is 5.92 Å². The molecule has 1 spiro atoms. The van der Waals surface area contributed by atoms with Crippen LogP contribution in [0.15, 0.2) is 224 Å². The van der Waals surface area contributed by atoms with Crippen LogP contribution in [0.3, 0.4) is 0 Å². The minimum absolute atomic E-state index is 0.190. The SMILES string of the molecule is c1ccc(-c2nc3ccccc3c3c2-c2ccccc2C32c3ccccc3-n3c4ccc(-c5ccc6c(c5)-c5ccccc5C6c5ccc6ccccc6c5)cc4c4cccc2c43)cc1. The predicted octanol–water partition coefficient (Wildman–Crippen LogP) is 15.7. The van der Waals surface area contributed by atoms with Crippen LogP contribution in [0.2, 0.25) is 0 Å². The zero-order valence-electron chi connectivity index (χ0n) is 35.3. The van der Waals surface area contributed by atoms with Gasteiger partial charge in [-0.25, -0.2) is 4.98 Å².